The van der Waals surface area contributed by atoms with Gasteiger partial charge in [0.25, 0.3) is 0 Å². The Morgan fingerprint density at radius 3 is 2.27 bits per heavy atom. The lowest BCUT2D eigenvalue weighted by atomic mass is 9.88. The molecule has 0 aliphatic heterocycles. The summed E-state index contributed by atoms with van der Waals surface area (Å²) in [6.45, 7) is 9.61. The summed E-state index contributed by atoms with van der Waals surface area (Å²) in [5.41, 5.74) is 0.0598. The van der Waals surface area contributed by atoms with E-state index in [1.54, 1.807) is 0 Å². The first-order chi connectivity index (χ1) is 5.04. The molecule has 0 aromatic heterocycles. The van der Waals surface area contributed by atoms with Crippen molar-refractivity contribution < 1.29 is 5.11 Å². The maximum Gasteiger partial charge on any atom is 0.0496 e. The van der Waals surface area contributed by atoms with E-state index >= 15 is 0 Å². The fourth-order valence-corrected chi connectivity index (χ4v) is 0.743. The highest BCUT2D eigenvalue weighted by Gasteiger charge is 2.20. The number of aliphatic hydroxyl groups is 1. The SMILES string of the molecule is CCC(C)(CO)CNC(C)C. The molecular formula is C9H21NO. The van der Waals surface area contributed by atoms with E-state index in [1.807, 2.05) is 0 Å². The van der Waals surface area contributed by atoms with Gasteiger partial charge in [-0.15, -0.1) is 0 Å². The molecule has 0 aliphatic rings. The molecule has 2 nitrogen and oxygen atoms in total. The third kappa shape index (κ3) is 4.38. The average molecular weight is 159 g/mol. The molecule has 68 valence electrons. The van der Waals surface area contributed by atoms with Gasteiger partial charge in [0.05, 0.1) is 0 Å². The zero-order valence-corrected chi connectivity index (χ0v) is 8.15. The maximum atomic E-state index is 9.06. The van der Waals surface area contributed by atoms with Crippen LogP contribution in [0.5, 0.6) is 0 Å². The number of rotatable bonds is 5. The van der Waals surface area contributed by atoms with Crippen LogP contribution in [0.3, 0.4) is 0 Å². The number of hydrogen-bond donors (Lipinski definition) is 2. The van der Waals surface area contributed by atoms with Gasteiger partial charge in [0, 0.05) is 24.6 Å². The van der Waals surface area contributed by atoms with Gasteiger partial charge in [0.15, 0.2) is 0 Å². The predicted octanol–water partition coefficient (Wildman–Crippen LogP) is 1.39. The lowest BCUT2D eigenvalue weighted by Gasteiger charge is -2.27. The Labute approximate surface area is 70.0 Å². The van der Waals surface area contributed by atoms with Crippen LogP contribution in [0, 0.1) is 5.41 Å². The molecule has 2 N–H and O–H groups in total. The topological polar surface area (TPSA) is 32.3 Å². The first kappa shape index (κ1) is 10.9. The van der Waals surface area contributed by atoms with Crippen molar-refractivity contribution in [1.82, 2.24) is 5.32 Å². The maximum absolute atomic E-state index is 9.06. The van der Waals surface area contributed by atoms with Crippen LogP contribution in [-0.4, -0.2) is 24.3 Å². The minimum atomic E-state index is 0.0598. The Balaban J connectivity index is 3.69. The zero-order valence-electron chi connectivity index (χ0n) is 8.15. The van der Waals surface area contributed by atoms with E-state index in [9.17, 15) is 0 Å². The second-order valence-electron chi connectivity index (χ2n) is 3.86. The largest absolute Gasteiger partial charge is 0.396 e. The quantitative estimate of drug-likeness (QED) is 0.635. The number of hydrogen-bond acceptors (Lipinski definition) is 2. The molecule has 0 rings (SSSR count). The zero-order chi connectivity index (χ0) is 8.91. The van der Waals surface area contributed by atoms with Gasteiger partial charge in [-0.2, -0.15) is 0 Å². The summed E-state index contributed by atoms with van der Waals surface area (Å²) in [5.74, 6) is 0. The Bertz CT molecular complexity index is 97.7. The van der Waals surface area contributed by atoms with Gasteiger partial charge in [-0.3, -0.25) is 0 Å². The standard InChI is InChI=1S/C9H21NO/c1-5-9(4,7-11)6-10-8(2)3/h8,10-11H,5-7H2,1-4H3. The fourth-order valence-electron chi connectivity index (χ4n) is 0.743. The van der Waals surface area contributed by atoms with Crippen molar-refractivity contribution in [2.75, 3.05) is 13.2 Å². The monoisotopic (exact) mass is 159 g/mol. The van der Waals surface area contributed by atoms with Crippen LogP contribution in [0.15, 0.2) is 0 Å². The van der Waals surface area contributed by atoms with E-state index in [2.05, 4.69) is 33.0 Å². The van der Waals surface area contributed by atoms with E-state index in [4.69, 9.17) is 5.11 Å². The highest BCUT2D eigenvalue weighted by atomic mass is 16.3. The Hall–Kier alpha value is -0.0800. The first-order valence-corrected chi connectivity index (χ1v) is 4.38. The minimum Gasteiger partial charge on any atom is -0.396 e. The number of nitrogens with one attached hydrogen (secondary N) is 1. The molecule has 0 aliphatic carbocycles. The van der Waals surface area contributed by atoms with E-state index in [1.165, 1.54) is 0 Å². The molecule has 0 saturated carbocycles. The third-order valence-corrected chi connectivity index (χ3v) is 2.17. The van der Waals surface area contributed by atoms with Crippen molar-refractivity contribution >= 4 is 0 Å². The lowest BCUT2D eigenvalue weighted by molar-refractivity contribution is 0.133. The summed E-state index contributed by atoms with van der Waals surface area (Å²) in [4.78, 5) is 0. The van der Waals surface area contributed by atoms with Gasteiger partial charge in [0.2, 0.25) is 0 Å². The highest BCUT2D eigenvalue weighted by molar-refractivity contribution is 4.74. The molecule has 0 heterocycles. The minimum absolute atomic E-state index is 0.0598. The summed E-state index contributed by atoms with van der Waals surface area (Å²) in [7, 11) is 0. The number of aliphatic hydroxyl groups excluding tert-OH is 1. The van der Waals surface area contributed by atoms with Crippen LogP contribution >= 0.6 is 0 Å². The molecule has 0 aromatic carbocycles. The molecule has 0 spiro atoms. The van der Waals surface area contributed by atoms with Gasteiger partial charge < -0.3 is 10.4 Å². The average Bonchev–Trinajstić information content (AvgIpc) is 2.00. The fraction of sp³-hybridized carbons (Fsp3) is 1.00. The van der Waals surface area contributed by atoms with E-state index in [0.717, 1.165) is 13.0 Å². The second-order valence-corrected chi connectivity index (χ2v) is 3.86. The van der Waals surface area contributed by atoms with Crippen molar-refractivity contribution in [3.8, 4) is 0 Å². The van der Waals surface area contributed by atoms with Crippen molar-refractivity contribution in [3.05, 3.63) is 0 Å². The predicted molar refractivity (Wildman–Crippen MR) is 48.6 cm³/mol. The van der Waals surface area contributed by atoms with Crippen LogP contribution < -0.4 is 5.32 Å². The highest BCUT2D eigenvalue weighted by Crippen LogP contribution is 2.18. The molecule has 0 bridgehead atoms. The van der Waals surface area contributed by atoms with Gasteiger partial charge in [-0.1, -0.05) is 27.7 Å². The van der Waals surface area contributed by atoms with Gasteiger partial charge in [-0.05, 0) is 6.42 Å². The first-order valence-electron chi connectivity index (χ1n) is 4.38. The van der Waals surface area contributed by atoms with Crippen molar-refractivity contribution in [2.24, 2.45) is 5.41 Å². The van der Waals surface area contributed by atoms with Crippen molar-refractivity contribution in [2.45, 2.75) is 40.2 Å². The summed E-state index contributed by atoms with van der Waals surface area (Å²) in [6, 6.07) is 0.507. The van der Waals surface area contributed by atoms with E-state index < -0.39 is 0 Å². The van der Waals surface area contributed by atoms with Crippen LogP contribution in [0.1, 0.15) is 34.1 Å². The van der Waals surface area contributed by atoms with Gasteiger partial charge >= 0.3 is 0 Å². The second kappa shape index (κ2) is 4.73. The van der Waals surface area contributed by atoms with Crippen molar-refractivity contribution in [3.63, 3.8) is 0 Å². The summed E-state index contributed by atoms with van der Waals surface area (Å²) < 4.78 is 0. The Morgan fingerprint density at radius 1 is 1.45 bits per heavy atom. The van der Waals surface area contributed by atoms with Crippen LogP contribution in [0.25, 0.3) is 0 Å². The molecule has 0 fully saturated rings. The molecular weight excluding hydrogens is 138 g/mol. The smallest absolute Gasteiger partial charge is 0.0496 e. The molecule has 0 amide bonds. The molecule has 0 radical (unpaired) electrons. The molecule has 1 unspecified atom stereocenters. The van der Waals surface area contributed by atoms with E-state index in [0.29, 0.717) is 6.04 Å². The normalized spacial score (nSPS) is 16.9. The van der Waals surface area contributed by atoms with Gasteiger partial charge in [0.1, 0.15) is 0 Å². The summed E-state index contributed by atoms with van der Waals surface area (Å²) in [6.07, 6.45) is 1.02. The van der Waals surface area contributed by atoms with Crippen LogP contribution in [-0.2, 0) is 0 Å². The summed E-state index contributed by atoms with van der Waals surface area (Å²) in [5, 5.41) is 12.4. The van der Waals surface area contributed by atoms with Gasteiger partial charge in [-0.25, -0.2) is 0 Å². The molecule has 0 saturated heterocycles. The Morgan fingerprint density at radius 2 is 2.00 bits per heavy atom. The van der Waals surface area contributed by atoms with Crippen molar-refractivity contribution in [1.29, 1.82) is 0 Å². The lowest BCUT2D eigenvalue weighted by Crippen LogP contribution is -2.37. The molecule has 11 heavy (non-hydrogen) atoms. The van der Waals surface area contributed by atoms with Crippen LogP contribution in [0.4, 0.5) is 0 Å². The molecule has 1 atom stereocenters. The molecule has 2 heteroatoms. The van der Waals surface area contributed by atoms with Crippen LogP contribution in [0.2, 0.25) is 0 Å². The third-order valence-electron chi connectivity index (χ3n) is 2.17. The Kier molecular flexibility index (Phi) is 4.69. The molecule has 0 aromatic rings. The van der Waals surface area contributed by atoms with E-state index in [-0.39, 0.29) is 12.0 Å². The summed E-state index contributed by atoms with van der Waals surface area (Å²) >= 11 is 0.